The number of rotatable bonds is 3. The maximum absolute atomic E-state index is 13.3. The minimum atomic E-state index is 0.0730. The molecule has 4 nitrogen and oxygen atoms in total. The number of likely N-dealkylation sites (tertiary alicyclic amines) is 1. The van der Waals surface area contributed by atoms with E-state index in [1.807, 2.05) is 22.8 Å². The summed E-state index contributed by atoms with van der Waals surface area (Å²) in [5.74, 6) is 0.904. The second kappa shape index (κ2) is 7.35. The fourth-order valence-corrected chi connectivity index (χ4v) is 4.99. The zero-order chi connectivity index (χ0) is 19.8. The van der Waals surface area contributed by atoms with Gasteiger partial charge in [0.1, 0.15) is 0 Å². The lowest BCUT2D eigenvalue weighted by molar-refractivity contribution is 0.114. The van der Waals surface area contributed by atoms with Gasteiger partial charge in [0.15, 0.2) is 0 Å². The first-order valence-corrected chi connectivity index (χ1v) is 10.2. The SMILES string of the molecule is N#Cc1cccc(-c2ccc3n(c2=O)CC2CC3CN(Cc3ccccc3)C2)c1. The fourth-order valence-electron chi connectivity index (χ4n) is 4.99. The van der Waals surface area contributed by atoms with Crippen LogP contribution in [0.4, 0.5) is 0 Å². The Hall–Kier alpha value is -3.16. The van der Waals surface area contributed by atoms with E-state index in [4.69, 9.17) is 0 Å². The van der Waals surface area contributed by atoms with Crippen molar-refractivity contribution in [1.29, 1.82) is 5.26 Å². The van der Waals surface area contributed by atoms with Crippen molar-refractivity contribution in [3.05, 3.63) is 93.9 Å². The molecule has 3 heterocycles. The van der Waals surface area contributed by atoms with Crippen molar-refractivity contribution in [1.82, 2.24) is 9.47 Å². The van der Waals surface area contributed by atoms with Crippen LogP contribution in [-0.4, -0.2) is 22.6 Å². The van der Waals surface area contributed by atoms with E-state index in [1.165, 1.54) is 5.56 Å². The van der Waals surface area contributed by atoms with E-state index in [-0.39, 0.29) is 5.56 Å². The quantitative estimate of drug-likeness (QED) is 0.689. The van der Waals surface area contributed by atoms with Gasteiger partial charge in [-0.25, -0.2) is 0 Å². The maximum atomic E-state index is 13.3. The zero-order valence-corrected chi connectivity index (χ0v) is 16.3. The average molecular weight is 381 g/mol. The Bertz CT molecular complexity index is 1140. The fraction of sp³-hybridized carbons (Fsp3) is 0.280. The molecule has 0 amide bonds. The van der Waals surface area contributed by atoms with Crippen LogP contribution in [0.25, 0.3) is 11.1 Å². The monoisotopic (exact) mass is 381 g/mol. The molecule has 4 heteroatoms. The van der Waals surface area contributed by atoms with Crippen molar-refractivity contribution in [3.8, 4) is 17.2 Å². The highest BCUT2D eigenvalue weighted by atomic mass is 16.1. The van der Waals surface area contributed by atoms with Gasteiger partial charge in [-0.2, -0.15) is 5.26 Å². The first-order chi connectivity index (χ1) is 14.2. The summed E-state index contributed by atoms with van der Waals surface area (Å²) in [6.45, 7) is 3.78. The molecule has 2 aliphatic rings. The lowest BCUT2D eigenvalue weighted by Crippen LogP contribution is -2.46. The number of fused-ring (bicyclic) bond motifs is 4. The number of pyridine rings is 1. The van der Waals surface area contributed by atoms with Crippen LogP contribution >= 0.6 is 0 Å². The lowest BCUT2D eigenvalue weighted by Gasteiger charge is -2.43. The molecule has 0 aliphatic carbocycles. The number of hydrogen-bond donors (Lipinski definition) is 0. The molecule has 2 aliphatic heterocycles. The van der Waals surface area contributed by atoms with Gasteiger partial charge in [0, 0.05) is 43.4 Å². The standard InChI is InChI=1S/C25H23N3O/c26-13-19-7-4-8-21(11-19)23-9-10-24-22-12-20(16-28(24)25(23)29)15-27(17-22)14-18-5-2-1-3-6-18/h1-11,20,22H,12,14-17H2. The first kappa shape index (κ1) is 17.9. The normalized spacial score (nSPS) is 20.7. The predicted molar refractivity (Wildman–Crippen MR) is 113 cm³/mol. The molecule has 2 aromatic carbocycles. The molecule has 5 rings (SSSR count). The van der Waals surface area contributed by atoms with E-state index in [9.17, 15) is 10.1 Å². The van der Waals surface area contributed by atoms with Crippen molar-refractivity contribution < 1.29 is 0 Å². The molecule has 2 bridgehead atoms. The van der Waals surface area contributed by atoms with Gasteiger partial charge in [-0.15, -0.1) is 0 Å². The molecule has 144 valence electrons. The Balaban J connectivity index is 1.45. The molecule has 0 saturated carbocycles. The van der Waals surface area contributed by atoms with Crippen LogP contribution in [0.5, 0.6) is 0 Å². The number of nitrogens with zero attached hydrogens (tertiary/aromatic N) is 3. The van der Waals surface area contributed by atoms with Gasteiger partial charge < -0.3 is 4.57 Å². The van der Waals surface area contributed by atoms with Crippen molar-refractivity contribution in [2.45, 2.75) is 25.4 Å². The molecule has 2 unspecified atom stereocenters. The minimum absolute atomic E-state index is 0.0730. The van der Waals surface area contributed by atoms with Gasteiger partial charge in [-0.05, 0) is 47.7 Å². The number of benzene rings is 2. The lowest BCUT2D eigenvalue weighted by atomic mass is 9.82. The van der Waals surface area contributed by atoms with Crippen LogP contribution in [-0.2, 0) is 13.1 Å². The molecule has 0 N–H and O–H groups in total. The zero-order valence-electron chi connectivity index (χ0n) is 16.3. The summed E-state index contributed by atoms with van der Waals surface area (Å²) in [5.41, 5.74) is 4.67. The third-order valence-corrected chi connectivity index (χ3v) is 6.23. The van der Waals surface area contributed by atoms with Crippen LogP contribution in [0.2, 0.25) is 0 Å². The second-order valence-corrected chi connectivity index (χ2v) is 8.26. The van der Waals surface area contributed by atoms with E-state index >= 15 is 0 Å². The van der Waals surface area contributed by atoms with Crippen LogP contribution < -0.4 is 5.56 Å². The minimum Gasteiger partial charge on any atom is -0.311 e. The van der Waals surface area contributed by atoms with E-state index < -0.39 is 0 Å². The van der Waals surface area contributed by atoms with Crippen molar-refractivity contribution in [3.63, 3.8) is 0 Å². The van der Waals surface area contributed by atoms with Crippen molar-refractivity contribution >= 4 is 0 Å². The molecule has 29 heavy (non-hydrogen) atoms. The Morgan fingerprint density at radius 3 is 2.66 bits per heavy atom. The molecule has 0 spiro atoms. The highest BCUT2D eigenvalue weighted by Crippen LogP contribution is 2.36. The summed E-state index contributed by atoms with van der Waals surface area (Å²) in [6.07, 6.45) is 1.16. The number of nitriles is 1. The third kappa shape index (κ3) is 3.39. The Kier molecular flexibility index (Phi) is 4.54. The summed E-state index contributed by atoms with van der Waals surface area (Å²) >= 11 is 0. The second-order valence-electron chi connectivity index (χ2n) is 8.26. The molecular weight excluding hydrogens is 358 g/mol. The Morgan fingerprint density at radius 1 is 0.966 bits per heavy atom. The Labute approximate surface area is 170 Å². The number of hydrogen-bond acceptors (Lipinski definition) is 3. The predicted octanol–water partition coefficient (Wildman–Crippen LogP) is 4.01. The number of piperidine rings is 1. The smallest absolute Gasteiger partial charge is 0.258 e. The number of aromatic nitrogens is 1. The molecule has 1 fully saturated rings. The topological polar surface area (TPSA) is 49.0 Å². The van der Waals surface area contributed by atoms with E-state index in [0.717, 1.165) is 43.9 Å². The molecule has 1 saturated heterocycles. The van der Waals surface area contributed by atoms with Gasteiger partial charge in [0.05, 0.1) is 11.6 Å². The summed E-state index contributed by atoms with van der Waals surface area (Å²) < 4.78 is 1.99. The van der Waals surface area contributed by atoms with Crippen molar-refractivity contribution in [2.24, 2.45) is 5.92 Å². The van der Waals surface area contributed by atoms with Crippen LogP contribution in [0.15, 0.2) is 71.5 Å². The van der Waals surface area contributed by atoms with Crippen LogP contribution in [0.1, 0.15) is 29.2 Å². The summed E-state index contributed by atoms with van der Waals surface area (Å²) in [7, 11) is 0. The average Bonchev–Trinajstić information content (AvgIpc) is 2.75. The third-order valence-electron chi connectivity index (χ3n) is 6.23. The highest BCUT2D eigenvalue weighted by molar-refractivity contribution is 5.64. The van der Waals surface area contributed by atoms with Gasteiger partial charge >= 0.3 is 0 Å². The van der Waals surface area contributed by atoms with Gasteiger partial charge in [-0.1, -0.05) is 42.5 Å². The van der Waals surface area contributed by atoms with E-state index in [0.29, 0.717) is 23.0 Å². The highest BCUT2D eigenvalue weighted by Gasteiger charge is 2.34. The Morgan fingerprint density at radius 2 is 1.83 bits per heavy atom. The summed E-state index contributed by atoms with van der Waals surface area (Å²) in [4.78, 5) is 15.8. The largest absolute Gasteiger partial charge is 0.311 e. The summed E-state index contributed by atoms with van der Waals surface area (Å²) in [5, 5.41) is 9.17. The molecule has 2 atom stereocenters. The van der Waals surface area contributed by atoms with Gasteiger partial charge in [-0.3, -0.25) is 9.69 Å². The molecule has 0 radical (unpaired) electrons. The van der Waals surface area contributed by atoms with Gasteiger partial charge in [0.25, 0.3) is 5.56 Å². The van der Waals surface area contributed by atoms with E-state index in [1.54, 1.807) is 12.1 Å². The van der Waals surface area contributed by atoms with Crippen LogP contribution in [0, 0.1) is 17.2 Å². The van der Waals surface area contributed by atoms with Gasteiger partial charge in [0.2, 0.25) is 0 Å². The van der Waals surface area contributed by atoms with Crippen molar-refractivity contribution in [2.75, 3.05) is 13.1 Å². The first-order valence-electron chi connectivity index (χ1n) is 10.2. The molecule has 1 aromatic heterocycles. The molecular formula is C25H23N3O. The van der Waals surface area contributed by atoms with Crippen LogP contribution in [0.3, 0.4) is 0 Å². The molecule has 3 aromatic rings. The summed E-state index contributed by atoms with van der Waals surface area (Å²) in [6, 6.07) is 24.2. The van der Waals surface area contributed by atoms with E-state index in [2.05, 4.69) is 47.4 Å². The maximum Gasteiger partial charge on any atom is 0.258 e.